The third-order valence-corrected chi connectivity index (χ3v) is 11.8. The van der Waals surface area contributed by atoms with Crippen LogP contribution in [0.1, 0.15) is 48.8 Å². The summed E-state index contributed by atoms with van der Waals surface area (Å²) in [5.74, 6) is -0.138. The summed E-state index contributed by atoms with van der Waals surface area (Å²) in [6.45, 7) is 2.92. The molecule has 3 aromatic carbocycles. The molecule has 0 aliphatic carbocycles. The molecule has 3 heterocycles. The van der Waals surface area contributed by atoms with Gasteiger partial charge in [0.1, 0.15) is 22.1 Å². The predicted octanol–water partition coefficient (Wildman–Crippen LogP) is 4.88. The highest BCUT2D eigenvalue weighted by Gasteiger charge is 2.63. The van der Waals surface area contributed by atoms with Crippen LogP contribution in [-0.4, -0.2) is 96.0 Å². The number of hydrogen-bond donors (Lipinski definition) is 0. The summed E-state index contributed by atoms with van der Waals surface area (Å²) in [6, 6.07) is 14.1. The first-order chi connectivity index (χ1) is 23.5. The summed E-state index contributed by atoms with van der Waals surface area (Å²) >= 11 is 6.69. The maximum Gasteiger partial charge on any atom is 0.274 e. The number of benzene rings is 3. The van der Waals surface area contributed by atoms with E-state index in [0.717, 1.165) is 35.8 Å². The van der Waals surface area contributed by atoms with Gasteiger partial charge in [0.05, 0.1) is 33.1 Å². The van der Waals surface area contributed by atoms with Crippen LogP contribution in [0.25, 0.3) is 0 Å². The zero-order chi connectivity index (χ0) is 35.1. The lowest BCUT2D eigenvalue weighted by atomic mass is 9.80. The monoisotopic (exact) mass is 710 g/mol. The Bertz CT molecular complexity index is 1860. The summed E-state index contributed by atoms with van der Waals surface area (Å²) in [7, 11) is 3.11. The lowest BCUT2D eigenvalue weighted by molar-refractivity contribution is -0.138. The molecule has 0 aromatic heterocycles. The number of carbonyl (C=O) groups is 2. The van der Waals surface area contributed by atoms with Gasteiger partial charge >= 0.3 is 0 Å². The summed E-state index contributed by atoms with van der Waals surface area (Å²) < 4.78 is 47.3. The number of hydrogen-bond acceptors (Lipinski definition) is 9. The second kappa shape index (κ2) is 13.8. The van der Waals surface area contributed by atoms with E-state index < -0.39 is 27.5 Å². The molecule has 11 nitrogen and oxygen atoms in total. The van der Waals surface area contributed by atoms with Crippen molar-refractivity contribution in [1.29, 1.82) is 0 Å². The number of sulfonamides is 1. The number of likely N-dealkylation sites (N-methyl/N-ethyl adjacent to an activating group) is 1. The fraction of sp³-hybridized carbons (Fsp3) is 0.444. The summed E-state index contributed by atoms with van der Waals surface area (Å²) in [5.41, 5.74) is 0.104. The fourth-order valence-electron chi connectivity index (χ4n) is 7.60. The largest absolute Gasteiger partial charge is 0.497 e. The standard InChI is InChI=1S/C36H43ClN4O7S/c1-38(2)34(42)30-10-9-19-40(30)36(28-20-24(11-15-31(28)47-4)23-39-17-7-6-8-18-39)27-21-25(37)12-14-29(27)41(35(36)43)49(44,45)33-16-13-26(46-3)22-32(33)48-5/h11-16,20-22,30H,6-10,17-19,23H2,1-5H3/t30-,36?/m0/s1. The van der Waals surface area contributed by atoms with Gasteiger partial charge in [0, 0.05) is 49.4 Å². The SMILES string of the molecule is COc1ccc(S(=O)(=O)N2C(=O)C(c3cc(CN4CCCCC4)ccc3OC)(N3CCC[C@H]3C(=O)N(C)C)c3cc(Cl)ccc32)c(OC)c1. The second-order valence-electron chi connectivity index (χ2n) is 12.9. The number of carbonyl (C=O) groups excluding carboxylic acids is 2. The van der Waals surface area contributed by atoms with E-state index >= 15 is 4.79 Å². The molecular formula is C36H43ClN4O7S. The number of anilines is 1. The van der Waals surface area contributed by atoms with E-state index in [-0.39, 0.29) is 22.2 Å². The van der Waals surface area contributed by atoms with Gasteiger partial charge in [0.25, 0.3) is 15.9 Å². The maximum absolute atomic E-state index is 15.6. The average molecular weight is 711 g/mol. The summed E-state index contributed by atoms with van der Waals surface area (Å²) in [6.07, 6.45) is 4.52. The van der Waals surface area contributed by atoms with Crippen molar-refractivity contribution >= 4 is 39.1 Å². The highest BCUT2D eigenvalue weighted by atomic mass is 35.5. The van der Waals surface area contributed by atoms with Gasteiger partial charge in [-0.2, -0.15) is 0 Å². The van der Waals surface area contributed by atoms with Crippen LogP contribution in [0.2, 0.25) is 5.02 Å². The first-order valence-electron chi connectivity index (χ1n) is 16.5. The number of amides is 2. The van der Waals surface area contributed by atoms with Crippen LogP contribution < -0.4 is 18.5 Å². The maximum atomic E-state index is 15.6. The molecule has 262 valence electrons. The Kier molecular flexibility index (Phi) is 9.87. The van der Waals surface area contributed by atoms with Crippen LogP contribution in [-0.2, 0) is 31.7 Å². The van der Waals surface area contributed by atoms with Gasteiger partial charge in [-0.3, -0.25) is 19.4 Å². The predicted molar refractivity (Wildman–Crippen MR) is 187 cm³/mol. The van der Waals surface area contributed by atoms with Crippen molar-refractivity contribution in [3.8, 4) is 17.2 Å². The van der Waals surface area contributed by atoms with Gasteiger partial charge in [-0.15, -0.1) is 0 Å². The van der Waals surface area contributed by atoms with E-state index in [1.54, 1.807) is 32.3 Å². The summed E-state index contributed by atoms with van der Waals surface area (Å²) in [5, 5.41) is 0.315. The molecule has 0 bridgehead atoms. The second-order valence-corrected chi connectivity index (χ2v) is 15.1. The van der Waals surface area contributed by atoms with E-state index in [0.29, 0.717) is 53.6 Å². The van der Waals surface area contributed by atoms with Gasteiger partial charge in [0.15, 0.2) is 5.54 Å². The molecule has 2 amide bonds. The number of rotatable bonds is 10. The van der Waals surface area contributed by atoms with Crippen LogP contribution in [0.3, 0.4) is 0 Å². The number of piperidine rings is 1. The minimum absolute atomic E-state index is 0.0168. The van der Waals surface area contributed by atoms with Gasteiger partial charge in [-0.25, -0.2) is 12.7 Å². The molecule has 13 heteroatoms. The molecule has 2 atom stereocenters. The lowest BCUT2D eigenvalue weighted by Gasteiger charge is -2.42. The van der Waals surface area contributed by atoms with Crippen molar-refractivity contribution in [3.63, 3.8) is 0 Å². The number of methoxy groups -OCH3 is 3. The Morgan fingerprint density at radius 2 is 1.61 bits per heavy atom. The third kappa shape index (κ3) is 5.92. The number of nitrogens with zero attached hydrogens (tertiary/aromatic N) is 4. The molecule has 2 saturated heterocycles. The first-order valence-corrected chi connectivity index (χ1v) is 18.3. The number of likely N-dealkylation sites (tertiary alicyclic amines) is 2. The smallest absolute Gasteiger partial charge is 0.274 e. The van der Waals surface area contributed by atoms with Gasteiger partial charge in [0.2, 0.25) is 5.91 Å². The van der Waals surface area contributed by atoms with Crippen molar-refractivity contribution in [1.82, 2.24) is 14.7 Å². The molecule has 49 heavy (non-hydrogen) atoms. The van der Waals surface area contributed by atoms with E-state index in [9.17, 15) is 13.2 Å². The third-order valence-electron chi connectivity index (χ3n) is 9.87. The minimum Gasteiger partial charge on any atom is -0.497 e. The van der Waals surface area contributed by atoms with Gasteiger partial charge in [-0.1, -0.05) is 24.1 Å². The molecule has 2 fully saturated rings. The van der Waals surface area contributed by atoms with Crippen molar-refractivity contribution < 1.29 is 32.2 Å². The van der Waals surface area contributed by atoms with Crippen LogP contribution in [0.5, 0.6) is 17.2 Å². The summed E-state index contributed by atoms with van der Waals surface area (Å²) in [4.78, 5) is 35.0. The molecule has 0 saturated carbocycles. The Balaban J connectivity index is 1.64. The molecular weight excluding hydrogens is 668 g/mol. The molecule has 3 aromatic rings. The topological polar surface area (TPSA) is 109 Å². The van der Waals surface area contributed by atoms with Crippen LogP contribution in [0.15, 0.2) is 59.5 Å². The normalized spacial score (nSPS) is 21.5. The van der Waals surface area contributed by atoms with Gasteiger partial charge < -0.3 is 19.1 Å². The van der Waals surface area contributed by atoms with Crippen LogP contribution in [0.4, 0.5) is 5.69 Å². The molecule has 3 aliphatic heterocycles. The Labute approximate surface area is 293 Å². The first kappa shape index (κ1) is 35.0. The van der Waals surface area contributed by atoms with Crippen LogP contribution >= 0.6 is 11.6 Å². The van der Waals surface area contributed by atoms with Crippen molar-refractivity contribution in [2.45, 2.75) is 55.1 Å². The lowest BCUT2D eigenvalue weighted by Crippen LogP contribution is -2.59. The molecule has 0 radical (unpaired) electrons. The van der Waals surface area contributed by atoms with E-state index in [4.69, 9.17) is 25.8 Å². The van der Waals surface area contributed by atoms with Crippen LogP contribution in [0, 0.1) is 0 Å². The Morgan fingerprint density at radius 1 is 0.878 bits per heavy atom. The molecule has 6 rings (SSSR count). The van der Waals surface area contributed by atoms with Gasteiger partial charge in [-0.05, 0) is 86.8 Å². The Morgan fingerprint density at radius 3 is 2.29 bits per heavy atom. The number of ether oxygens (including phenoxy) is 3. The highest BCUT2D eigenvalue weighted by Crippen LogP contribution is 2.55. The molecule has 1 unspecified atom stereocenters. The Hall–Kier alpha value is -3.84. The van der Waals surface area contributed by atoms with E-state index in [1.807, 2.05) is 23.1 Å². The molecule has 0 spiro atoms. The number of halogens is 1. The molecule has 0 N–H and O–H groups in total. The average Bonchev–Trinajstić information content (AvgIpc) is 3.68. The fourth-order valence-corrected chi connectivity index (χ4v) is 9.37. The van der Waals surface area contributed by atoms with Crippen molar-refractivity contribution in [2.24, 2.45) is 0 Å². The molecule has 3 aliphatic rings. The zero-order valence-corrected chi connectivity index (χ0v) is 30.1. The van der Waals surface area contributed by atoms with E-state index in [2.05, 4.69) is 4.90 Å². The number of fused-ring (bicyclic) bond motifs is 1. The quantitative estimate of drug-likeness (QED) is 0.291. The van der Waals surface area contributed by atoms with Crippen molar-refractivity contribution in [3.05, 3.63) is 76.3 Å². The minimum atomic E-state index is -4.61. The van der Waals surface area contributed by atoms with E-state index in [1.165, 1.54) is 50.8 Å². The highest BCUT2D eigenvalue weighted by molar-refractivity contribution is 7.93. The zero-order valence-electron chi connectivity index (χ0n) is 28.6. The van der Waals surface area contributed by atoms with Crippen molar-refractivity contribution in [2.75, 3.05) is 59.4 Å².